The van der Waals surface area contributed by atoms with Crippen molar-refractivity contribution in [2.75, 3.05) is 30.8 Å². The summed E-state index contributed by atoms with van der Waals surface area (Å²) >= 11 is 1.50. The lowest BCUT2D eigenvalue weighted by Gasteiger charge is -2.33. The molecule has 84 valence electrons. The minimum absolute atomic E-state index is 0.332. The number of nitrogens with zero attached hydrogens (tertiary/aromatic N) is 1. The Morgan fingerprint density at radius 2 is 2.33 bits per heavy atom. The van der Waals surface area contributed by atoms with Crippen LogP contribution < -0.4 is 11.1 Å². The first-order valence-electron chi connectivity index (χ1n) is 5.21. The predicted molar refractivity (Wildman–Crippen MR) is 63.2 cm³/mol. The molecule has 0 unspecified atom stereocenters. The minimum Gasteiger partial charge on any atom is -0.389 e. The lowest BCUT2D eigenvalue weighted by atomic mass is 9.82. The molecule has 0 aromatic carbocycles. The smallest absolute Gasteiger partial charge is 0.184 e. The number of nitrogen functional groups attached to an aromatic ring is 1. The summed E-state index contributed by atoms with van der Waals surface area (Å²) in [7, 11) is 0. The fourth-order valence-corrected chi connectivity index (χ4v) is 2.28. The summed E-state index contributed by atoms with van der Waals surface area (Å²) in [4.78, 5) is 4.18. The molecule has 1 saturated heterocycles. The third-order valence-electron chi connectivity index (χ3n) is 2.89. The third-order valence-corrected chi connectivity index (χ3v) is 3.67. The summed E-state index contributed by atoms with van der Waals surface area (Å²) in [6, 6.07) is 0. The molecule has 1 aromatic rings. The Balaban J connectivity index is 1.86. The predicted octanol–water partition coefficient (Wildman–Crippen LogP) is 1.95. The number of hydrogen-bond acceptors (Lipinski definition) is 5. The van der Waals surface area contributed by atoms with E-state index < -0.39 is 0 Å². The lowest BCUT2D eigenvalue weighted by molar-refractivity contribution is 0.0300. The first-order chi connectivity index (χ1) is 7.18. The molecular weight excluding hydrogens is 210 g/mol. The van der Waals surface area contributed by atoms with Crippen molar-refractivity contribution in [2.45, 2.75) is 19.8 Å². The van der Waals surface area contributed by atoms with Gasteiger partial charge in [0.05, 0.1) is 6.20 Å². The maximum absolute atomic E-state index is 5.62. The summed E-state index contributed by atoms with van der Waals surface area (Å²) in [5.74, 6) is 0. The maximum Gasteiger partial charge on any atom is 0.184 e. The summed E-state index contributed by atoms with van der Waals surface area (Å²) in [5, 5.41) is 5.02. The monoisotopic (exact) mass is 227 g/mol. The molecule has 0 bridgehead atoms. The number of hydrogen-bond donors (Lipinski definition) is 2. The van der Waals surface area contributed by atoms with E-state index in [0.29, 0.717) is 5.41 Å². The van der Waals surface area contributed by atoms with E-state index in [1.54, 1.807) is 6.20 Å². The Morgan fingerprint density at radius 1 is 1.60 bits per heavy atom. The molecule has 1 aliphatic heterocycles. The van der Waals surface area contributed by atoms with Gasteiger partial charge in [0.1, 0.15) is 5.00 Å². The molecular formula is C10H17N3OS. The van der Waals surface area contributed by atoms with Gasteiger partial charge in [0.25, 0.3) is 0 Å². The zero-order valence-corrected chi connectivity index (χ0v) is 9.77. The van der Waals surface area contributed by atoms with E-state index in [1.165, 1.54) is 11.3 Å². The highest BCUT2D eigenvalue weighted by Crippen LogP contribution is 2.30. The Bertz CT molecular complexity index is 320. The van der Waals surface area contributed by atoms with E-state index in [-0.39, 0.29) is 0 Å². The number of nitrogens with one attached hydrogen (secondary N) is 1. The minimum atomic E-state index is 0.332. The number of nitrogens with two attached hydrogens (primary N) is 1. The van der Waals surface area contributed by atoms with Gasteiger partial charge in [0, 0.05) is 19.8 Å². The third kappa shape index (κ3) is 2.82. The van der Waals surface area contributed by atoms with E-state index in [4.69, 9.17) is 10.5 Å². The van der Waals surface area contributed by atoms with Gasteiger partial charge < -0.3 is 15.8 Å². The van der Waals surface area contributed by atoms with E-state index in [0.717, 1.165) is 42.7 Å². The molecule has 15 heavy (non-hydrogen) atoms. The van der Waals surface area contributed by atoms with Gasteiger partial charge >= 0.3 is 0 Å². The zero-order chi connectivity index (χ0) is 10.7. The molecule has 0 spiro atoms. The standard InChI is InChI=1S/C10H17N3OS/c1-10(2-4-14-5-3-10)7-13-9-12-6-8(11)15-9/h6H,2-5,7,11H2,1H3,(H,12,13). The van der Waals surface area contributed by atoms with Crippen molar-refractivity contribution in [2.24, 2.45) is 5.41 Å². The fourth-order valence-electron chi connectivity index (χ4n) is 1.70. The van der Waals surface area contributed by atoms with Crippen LogP contribution in [0.1, 0.15) is 19.8 Å². The van der Waals surface area contributed by atoms with Crippen LogP contribution in [0.4, 0.5) is 10.1 Å². The Kier molecular flexibility index (Phi) is 3.11. The van der Waals surface area contributed by atoms with Gasteiger partial charge in [-0.2, -0.15) is 0 Å². The summed E-state index contributed by atoms with van der Waals surface area (Å²) in [6.07, 6.45) is 3.92. The van der Waals surface area contributed by atoms with Crippen LogP contribution in [-0.4, -0.2) is 24.7 Å². The Hall–Kier alpha value is -0.810. The van der Waals surface area contributed by atoms with Crippen LogP contribution in [0.25, 0.3) is 0 Å². The van der Waals surface area contributed by atoms with Crippen molar-refractivity contribution in [3.05, 3.63) is 6.20 Å². The maximum atomic E-state index is 5.62. The molecule has 2 rings (SSSR count). The van der Waals surface area contributed by atoms with Gasteiger partial charge in [-0.3, -0.25) is 0 Å². The van der Waals surface area contributed by atoms with Crippen molar-refractivity contribution in [1.29, 1.82) is 0 Å². The molecule has 0 radical (unpaired) electrons. The van der Waals surface area contributed by atoms with Gasteiger partial charge in [0.2, 0.25) is 0 Å². The van der Waals surface area contributed by atoms with Gasteiger partial charge in [0.15, 0.2) is 5.13 Å². The first-order valence-corrected chi connectivity index (χ1v) is 6.03. The quantitative estimate of drug-likeness (QED) is 0.828. The lowest BCUT2D eigenvalue weighted by Crippen LogP contribution is -2.33. The van der Waals surface area contributed by atoms with Gasteiger partial charge in [-0.05, 0) is 18.3 Å². The second kappa shape index (κ2) is 4.37. The molecule has 0 amide bonds. The number of ether oxygens (including phenoxy) is 1. The number of anilines is 2. The summed E-state index contributed by atoms with van der Waals surface area (Å²) < 4.78 is 5.36. The van der Waals surface area contributed by atoms with Gasteiger partial charge in [-0.1, -0.05) is 18.3 Å². The first kappa shape index (κ1) is 10.7. The summed E-state index contributed by atoms with van der Waals surface area (Å²) in [5.41, 5.74) is 5.95. The van der Waals surface area contributed by atoms with E-state index >= 15 is 0 Å². The molecule has 2 heterocycles. The second-order valence-electron chi connectivity index (χ2n) is 4.34. The van der Waals surface area contributed by atoms with Crippen LogP contribution in [0, 0.1) is 5.41 Å². The second-order valence-corrected chi connectivity index (χ2v) is 5.41. The molecule has 1 aromatic heterocycles. The molecule has 5 heteroatoms. The molecule has 0 atom stereocenters. The normalized spacial score (nSPS) is 20.1. The van der Waals surface area contributed by atoms with Crippen LogP contribution in [-0.2, 0) is 4.74 Å². The molecule has 1 fully saturated rings. The van der Waals surface area contributed by atoms with Crippen molar-refractivity contribution in [3.63, 3.8) is 0 Å². The van der Waals surface area contributed by atoms with Crippen LogP contribution in [0.3, 0.4) is 0 Å². The average molecular weight is 227 g/mol. The van der Waals surface area contributed by atoms with Crippen molar-refractivity contribution in [1.82, 2.24) is 4.98 Å². The number of rotatable bonds is 3. The largest absolute Gasteiger partial charge is 0.389 e. The van der Waals surface area contributed by atoms with Gasteiger partial charge in [-0.25, -0.2) is 4.98 Å². The molecule has 3 N–H and O–H groups in total. The SMILES string of the molecule is CC1(CNc2ncc(N)s2)CCOCC1. The zero-order valence-electron chi connectivity index (χ0n) is 8.95. The highest BCUT2D eigenvalue weighted by molar-refractivity contribution is 7.19. The number of aromatic nitrogens is 1. The van der Waals surface area contributed by atoms with E-state index in [1.807, 2.05) is 0 Å². The Labute approximate surface area is 93.8 Å². The van der Waals surface area contributed by atoms with Crippen LogP contribution in [0.5, 0.6) is 0 Å². The van der Waals surface area contributed by atoms with Crippen molar-refractivity contribution in [3.8, 4) is 0 Å². The summed E-state index contributed by atoms with van der Waals surface area (Å²) in [6.45, 7) is 4.99. The average Bonchev–Trinajstić information content (AvgIpc) is 2.63. The van der Waals surface area contributed by atoms with Crippen LogP contribution in [0.2, 0.25) is 0 Å². The molecule has 0 saturated carbocycles. The van der Waals surface area contributed by atoms with Crippen molar-refractivity contribution < 1.29 is 4.74 Å². The Morgan fingerprint density at radius 3 is 2.93 bits per heavy atom. The molecule has 4 nitrogen and oxygen atoms in total. The fraction of sp³-hybridized carbons (Fsp3) is 0.700. The number of thiazole rings is 1. The highest BCUT2D eigenvalue weighted by Gasteiger charge is 2.27. The van der Waals surface area contributed by atoms with Crippen molar-refractivity contribution >= 4 is 21.5 Å². The highest BCUT2D eigenvalue weighted by atomic mass is 32.1. The van der Waals surface area contributed by atoms with E-state index in [9.17, 15) is 0 Å². The molecule has 0 aliphatic carbocycles. The van der Waals surface area contributed by atoms with Crippen LogP contribution in [0.15, 0.2) is 6.20 Å². The van der Waals surface area contributed by atoms with E-state index in [2.05, 4.69) is 17.2 Å². The van der Waals surface area contributed by atoms with Crippen LogP contribution >= 0.6 is 11.3 Å². The topological polar surface area (TPSA) is 60.2 Å². The molecule has 1 aliphatic rings. The van der Waals surface area contributed by atoms with Gasteiger partial charge in [-0.15, -0.1) is 0 Å².